The number of benzene rings is 1. The Labute approximate surface area is 117 Å². The minimum atomic E-state index is -0.329. The third-order valence-corrected chi connectivity index (χ3v) is 3.12. The lowest BCUT2D eigenvalue weighted by molar-refractivity contribution is 0.0958. The van der Waals surface area contributed by atoms with Crippen LogP contribution in [0.4, 0.5) is 4.39 Å². The van der Waals surface area contributed by atoms with Crippen molar-refractivity contribution in [3.8, 4) is 18.0 Å². The van der Waals surface area contributed by atoms with E-state index in [4.69, 9.17) is 6.42 Å². The average Bonchev–Trinajstić information content (AvgIpc) is 2.72. The van der Waals surface area contributed by atoms with E-state index in [9.17, 15) is 9.18 Å². The second kappa shape index (κ2) is 5.62. The van der Waals surface area contributed by atoms with Crippen LogP contribution in [0, 0.1) is 32.0 Å². The zero-order valence-corrected chi connectivity index (χ0v) is 11.4. The SMILES string of the molecule is C#CCNC(=O)c1cc(C)n(-c2ccccc2F)c1C. The molecule has 0 aliphatic carbocycles. The van der Waals surface area contributed by atoms with Crippen molar-refractivity contribution in [2.75, 3.05) is 6.54 Å². The van der Waals surface area contributed by atoms with Gasteiger partial charge in [-0.1, -0.05) is 18.1 Å². The Morgan fingerprint density at radius 3 is 2.75 bits per heavy atom. The van der Waals surface area contributed by atoms with E-state index in [1.54, 1.807) is 35.8 Å². The topological polar surface area (TPSA) is 34.0 Å². The molecule has 1 amide bonds. The van der Waals surface area contributed by atoms with E-state index >= 15 is 0 Å². The number of halogens is 1. The largest absolute Gasteiger partial charge is 0.341 e. The third-order valence-electron chi connectivity index (χ3n) is 3.12. The number of rotatable bonds is 3. The van der Waals surface area contributed by atoms with Crippen molar-refractivity contribution in [3.63, 3.8) is 0 Å². The molecule has 1 N–H and O–H groups in total. The third kappa shape index (κ3) is 2.43. The van der Waals surface area contributed by atoms with E-state index in [1.807, 2.05) is 6.92 Å². The van der Waals surface area contributed by atoms with Crippen molar-refractivity contribution in [1.82, 2.24) is 9.88 Å². The monoisotopic (exact) mass is 270 g/mol. The minimum Gasteiger partial charge on any atom is -0.341 e. The molecule has 0 saturated heterocycles. The smallest absolute Gasteiger partial charge is 0.253 e. The number of carbonyl (C=O) groups is 1. The first kappa shape index (κ1) is 13.9. The van der Waals surface area contributed by atoms with Crippen molar-refractivity contribution in [3.05, 3.63) is 53.1 Å². The maximum Gasteiger partial charge on any atom is 0.253 e. The van der Waals surface area contributed by atoms with E-state index in [0.29, 0.717) is 16.9 Å². The number of nitrogens with one attached hydrogen (secondary N) is 1. The fourth-order valence-electron chi connectivity index (χ4n) is 2.22. The molecular formula is C16H15FN2O. The van der Waals surface area contributed by atoms with Gasteiger partial charge < -0.3 is 9.88 Å². The lowest BCUT2D eigenvalue weighted by Gasteiger charge is -2.10. The molecule has 0 atom stereocenters. The molecule has 20 heavy (non-hydrogen) atoms. The van der Waals surface area contributed by atoms with Crippen molar-refractivity contribution in [1.29, 1.82) is 0 Å². The van der Waals surface area contributed by atoms with E-state index in [0.717, 1.165) is 5.69 Å². The van der Waals surface area contributed by atoms with Gasteiger partial charge in [-0.15, -0.1) is 6.42 Å². The zero-order valence-electron chi connectivity index (χ0n) is 11.4. The van der Waals surface area contributed by atoms with Crippen LogP contribution in [0.25, 0.3) is 5.69 Å². The highest BCUT2D eigenvalue weighted by molar-refractivity contribution is 5.96. The van der Waals surface area contributed by atoms with Crippen LogP contribution in [0.1, 0.15) is 21.7 Å². The number of terminal acetylenes is 1. The van der Waals surface area contributed by atoms with Crippen molar-refractivity contribution in [2.24, 2.45) is 0 Å². The Morgan fingerprint density at radius 2 is 2.10 bits per heavy atom. The van der Waals surface area contributed by atoms with E-state index in [1.165, 1.54) is 6.07 Å². The van der Waals surface area contributed by atoms with Crippen LogP contribution in [0.2, 0.25) is 0 Å². The number of aryl methyl sites for hydroxylation is 1. The molecule has 1 aromatic heterocycles. The van der Waals surface area contributed by atoms with Gasteiger partial charge in [0, 0.05) is 11.4 Å². The van der Waals surface area contributed by atoms with Crippen LogP contribution in [-0.4, -0.2) is 17.0 Å². The summed E-state index contributed by atoms with van der Waals surface area (Å²) in [6.07, 6.45) is 5.12. The summed E-state index contributed by atoms with van der Waals surface area (Å²) >= 11 is 0. The Kier molecular flexibility index (Phi) is 3.90. The predicted molar refractivity (Wildman–Crippen MR) is 76.4 cm³/mol. The van der Waals surface area contributed by atoms with Crippen LogP contribution in [0.3, 0.4) is 0 Å². The van der Waals surface area contributed by atoms with Gasteiger partial charge in [0.25, 0.3) is 5.91 Å². The molecule has 0 unspecified atom stereocenters. The molecule has 0 radical (unpaired) electrons. The van der Waals surface area contributed by atoms with Crippen molar-refractivity contribution >= 4 is 5.91 Å². The summed E-state index contributed by atoms with van der Waals surface area (Å²) in [6, 6.07) is 8.20. The van der Waals surface area contributed by atoms with Gasteiger partial charge in [-0.05, 0) is 32.0 Å². The molecule has 0 aliphatic rings. The molecule has 3 nitrogen and oxygen atoms in total. The van der Waals surface area contributed by atoms with Gasteiger partial charge in [-0.2, -0.15) is 0 Å². The van der Waals surface area contributed by atoms with Crippen molar-refractivity contribution < 1.29 is 9.18 Å². The first-order chi connectivity index (χ1) is 9.56. The molecule has 0 aliphatic heterocycles. The summed E-state index contributed by atoms with van der Waals surface area (Å²) in [4.78, 5) is 12.0. The van der Waals surface area contributed by atoms with E-state index in [-0.39, 0.29) is 18.3 Å². The first-order valence-corrected chi connectivity index (χ1v) is 6.21. The highest BCUT2D eigenvalue weighted by Crippen LogP contribution is 2.22. The molecule has 0 fully saturated rings. The summed E-state index contributed by atoms with van der Waals surface area (Å²) in [5, 5.41) is 2.61. The van der Waals surface area contributed by atoms with Gasteiger partial charge in [0.2, 0.25) is 0 Å². The van der Waals surface area contributed by atoms with Crippen LogP contribution < -0.4 is 5.32 Å². The van der Waals surface area contributed by atoms with E-state index < -0.39 is 0 Å². The molecule has 2 rings (SSSR count). The van der Waals surface area contributed by atoms with Gasteiger partial charge in [0.1, 0.15) is 5.82 Å². The molecular weight excluding hydrogens is 255 g/mol. The number of para-hydroxylation sites is 1. The van der Waals surface area contributed by atoms with E-state index in [2.05, 4.69) is 11.2 Å². The molecule has 102 valence electrons. The number of nitrogens with zero attached hydrogens (tertiary/aromatic N) is 1. The normalized spacial score (nSPS) is 10.1. The summed E-state index contributed by atoms with van der Waals surface area (Å²) in [6.45, 7) is 3.78. The fraction of sp³-hybridized carbons (Fsp3) is 0.188. The summed E-state index contributed by atoms with van der Waals surface area (Å²) < 4.78 is 15.6. The zero-order chi connectivity index (χ0) is 14.7. The molecule has 0 saturated carbocycles. The maximum atomic E-state index is 13.9. The van der Waals surface area contributed by atoms with Crippen molar-refractivity contribution in [2.45, 2.75) is 13.8 Å². The first-order valence-electron chi connectivity index (χ1n) is 6.21. The molecule has 0 bridgehead atoms. The van der Waals surface area contributed by atoms with Crippen LogP contribution in [0.15, 0.2) is 30.3 Å². The molecule has 1 aromatic carbocycles. The number of aromatic nitrogens is 1. The molecule has 1 heterocycles. The Bertz CT molecular complexity index is 695. The number of carbonyl (C=O) groups excluding carboxylic acids is 1. The number of hydrogen-bond acceptors (Lipinski definition) is 1. The highest BCUT2D eigenvalue weighted by atomic mass is 19.1. The second-order valence-electron chi connectivity index (χ2n) is 4.46. The lowest BCUT2D eigenvalue weighted by atomic mass is 10.2. The Morgan fingerprint density at radius 1 is 1.40 bits per heavy atom. The number of hydrogen-bond donors (Lipinski definition) is 1. The van der Waals surface area contributed by atoms with Crippen LogP contribution in [0.5, 0.6) is 0 Å². The standard InChI is InChI=1S/C16H15FN2O/c1-4-9-18-16(20)13-10-11(2)19(12(13)3)15-8-6-5-7-14(15)17/h1,5-8,10H,9H2,2-3H3,(H,18,20). The Hall–Kier alpha value is -2.54. The van der Waals surface area contributed by atoms with Gasteiger partial charge >= 0.3 is 0 Å². The summed E-state index contributed by atoms with van der Waals surface area (Å²) in [5.74, 6) is 1.77. The predicted octanol–water partition coefficient (Wildman–Crippen LogP) is 2.60. The summed E-state index contributed by atoms with van der Waals surface area (Å²) in [7, 11) is 0. The van der Waals surface area contributed by atoms with Crippen LogP contribution >= 0.6 is 0 Å². The average molecular weight is 270 g/mol. The van der Waals surface area contributed by atoms with Crippen LogP contribution in [-0.2, 0) is 0 Å². The Balaban J connectivity index is 2.48. The molecule has 4 heteroatoms. The van der Waals surface area contributed by atoms with Gasteiger partial charge in [0.05, 0.1) is 17.8 Å². The molecule has 0 spiro atoms. The second-order valence-corrected chi connectivity index (χ2v) is 4.46. The summed E-state index contributed by atoms with van der Waals surface area (Å²) in [5.41, 5.74) is 2.40. The fourth-order valence-corrected chi connectivity index (χ4v) is 2.22. The highest BCUT2D eigenvalue weighted by Gasteiger charge is 2.17. The number of amides is 1. The quantitative estimate of drug-likeness (QED) is 0.855. The minimum absolute atomic E-state index is 0.169. The molecule has 2 aromatic rings. The van der Waals surface area contributed by atoms with Gasteiger partial charge in [0.15, 0.2) is 0 Å². The van der Waals surface area contributed by atoms with Gasteiger partial charge in [-0.25, -0.2) is 4.39 Å². The maximum absolute atomic E-state index is 13.9. The van der Waals surface area contributed by atoms with Gasteiger partial charge in [-0.3, -0.25) is 4.79 Å². The lowest BCUT2D eigenvalue weighted by Crippen LogP contribution is -2.24.